The van der Waals surface area contributed by atoms with E-state index in [0.29, 0.717) is 0 Å². The summed E-state index contributed by atoms with van der Waals surface area (Å²) in [6.45, 7) is 3.76. The Morgan fingerprint density at radius 3 is 2.50 bits per heavy atom. The van der Waals surface area contributed by atoms with Gasteiger partial charge in [0.25, 0.3) is 0 Å². The maximum Gasteiger partial charge on any atom is 0.234 e. The summed E-state index contributed by atoms with van der Waals surface area (Å²) in [6, 6.07) is 3.95. The molecule has 1 heterocycles. The van der Waals surface area contributed by atoms with Gasteiger partial charge in [-0.15, -0.1) is 0 Å². The number of hydrogen-bond donors (Lipinski definition) is 0. The van der Waals surface area contributed by atoms with Crippen molar-refractivity contribution in [3.63, 3.8) is 0 Å². The molecule has 0 N–H and O–H groups in total. The van der Waals surface area contributed by atoms with Gasteiger partial charge in [0.1, 0.15) is 0 Å². The first-order valence-electron chi connectivity index (χ1n) is 3.95. The van der Waals surface area contributed by atoms with Crippen LogP contribution in [0.4, 0.5) is 5.82 Å². The molecule has 0 fully saturated rings. The Hall–Kier alpha value is -1.15. The molecule has 0 unspecified atom stereocenters. The topological polar surface area (TPSA) is 12.9 Å². The Morgan fingerprint density at radius 2 is 2.08 bits per heavy atom. The van der Waals surface area contributed by atoms with Crippen LogP contribution in [0.25, 0.3) is 6.08 Å². The first-order valence-corrected chi connectivity index (χ1v) is 3.95. The van der Waals surface area contributed by atoms with Gasteiger partial charge in [-0.25, -0.2) is 4.98 Å². The Kier molecular flexibility index (Phi) is 2.29. The summed E-state index contributed by atoms with van der Waals surface area (Å²) in [4.78, 5) is 4.32. The zero-order valence-electron chi connectivity index (χ0n) is 7.91. The number of hydrogen-bond acceptors (Lipinski definition) is 1. The van der Waals surface area contributed by atoms with E-state index in [9.17, 15) is 0 Å². The van der Waals surface area contributed by atoms with Crippen LogP contribution < -0.4 is 4.48 Å². The molecular formula is C10H15N2+. The third-order valence-corrected chi connectivity index (χ3v) is 1.67. The van der Waals surface area contributed by atoms with E-state index in [-0.39, 0.29) is 0 Å². The normalized spacial score (nSPS) is 11.2. The van der Waals surface area contributed by atoms with Crippen LogP contribution in [0.3, 0.4) is 0 Å². The Morgan fingerprint density at radius 1 is 1.42 bits per heavy atom. The number of rotatable bonds is 2. The van der Waals surface area contributed by atoms with Crippen LogP contribution in [0.2, 0.25) is 0 Å². The fourth-order valence-electron chi connectivity index (χ4n) is 1.13. The lowest BCUT2D eigenvalue weighted by atomic mass is 10.2. The third kappa shape index (κ3) is 1.71. The molecule has 0 saturated heterocycles. The van der Waals surface area contributed by atoms with Crippen LogP contribution >= 0.6 is 0 Å². The zero-order chi connectivity index (χ0) is 9.19. The molecular weight excluding hydrogens is 148 g/mol. The van der Waals surface area contributed by atoms with Gasteiger partial charge in [-0.05, 0) is 12.1 Å². The van der Waals surface area contributed by atoms with Crippen molar-refractivity contribution >= 4 is 11.9 Å². The van der Waals surface area contributed by atoms with Gasteiger partial charge in [0.05, 0.1) is 26.7 Å². The highest BCUT2D eigenvalue weighted by molar-refractivity contribution is 5.60. The standard InChI is InChI=1S/C10H15N2/c1-5-9-7-6-8-11-10(9)12(2,3)4/h5-8H,1H2,2-4H3/q+1. The van der Waals surface area contributed by atoms with Crippen molar-refractivity contribution in [2.75, 3.05) is 21.1 Å². The molecule has 0 aliphatic rings. The summed E-state index contributed by atoms with van der Waals surface area (Å²) >= 11 is 0. The van der Waals surface area contributed by atoms with Gasteiger partial charge in [-0.2, -0.15) is 0 Å². The molecule has 0 bridgehead atoms. The average Bonchev–Trinajstić information content (AvgIpc) is 2.03. The van der Waals surface area contributed by atoms with Crippen molar-refractivity contribution in [2.45, 2.75) is 0 Å². The smallest absolute Gasteiger partial charge is 0.234 e. The van der Waals surface area contributed by atoms with Gasteiger partial charge in [-0.1, -0.05) is 12.7 Å². The molecule has 0 radical (unpaired) electrons. The van der Waals surface area contributed by atoms with Crippen LogP contribution in [0.15, 0.2) is 24.9 Å². The van der Waals surface area contributed by atoms with Gasteiger partial charge in [0.2, 0.25) is 5.82 Å². The maximum atomic E-state index is 4.32. The fourth-order valence-corrected chi connectivity index (χ4v) is 1.13. The van der Waals surface area contributed by atoms with Crippen molar-refractivity contribution in [3.05, 3.63) is 30.5 Å². The molecule has 0 spiro atoms. The molecule has 0 saturated carbocycles. The Balaban J connectivity index is 3.23. The van der Waals surface area contributed by atoms with Crippen LogP contribution in [-0.4, -0.2) is 26.1 Å². The monoisotopic (exact) mass is 163 g/mol. The van der Waals surface area contributed by atoms with E-state index in [1.54, 1.807) is 0 Å². The number of nitrogens with zero attached hydrogens (tertiary/aromatic N) is 2. The number of quaternary nitrogens is 1. The lowest BCUT2D eigenvalue weighted by molar-refractivity contribution is 0.472. The molecule has 0 aliphatic carbocycles. The highest BCUT2D eigenvalue weighted by Crippen LogP contribution is 2.19. The van der Waals surface area contributed by atoms with Crippen molar-refractivity contribution in [1.29, 1.82) is 0 Å². The van der Waals surface area contributed by atoms with Crippen LogP contribution in [0, 0.1) is 0 Å². The summed E-state index contributed by atoms with van der Waals surface area (Å²) in [5, 5.41) is 0. The first-order chi connectivity index (χ1) is 5.55. The van der Waals surface area contributed by atoms with E-state index in [1.165, 1.54) is 0 Å². The fraction of sp³-hybridized carbons (Fsp3) is 0.300. The number of aromatic nitrogens is 1. The first kappa shape index (κ1) is 8.94. The van der Waals surface area contributed by atoms with E-state index >= 15 is 0 Å². The second-order valence-electron chi connectivity index (χ2n) is 3.63. The maximum absolute atomic E-state index is 4.32. The van der Waals surface area contributed by atoms with Gasteiger partial charge in [0, 0.05) is 6.20 Å². The van der Waals surface area contributed by atoms with Crippen molar-refractivity contribution in [1.82, 2.24) is 9.47 Å². The molecule has 0 atom stereocenters. The van der Waals surface area contributed by atoms with E-state index < -0.39 is 0 Å². The van der Waals surface area contributed by atoms with Gasteiger partial charge in [-0.3, -0.25) is 4.48 Å². The minimum atomic E-state index is 0.724. The number of pyridine rings is 1. The summed E-state index contributed by atoms with van der Waals surface area (Å²) in [6.07, 6.45) is 3.65. The molecule has 1 aromatic heterocycles. The predicted octanol–water partition coefficient (Wildman–Crippen LogP) is 1.92. The average molecular weight is 163 g/mol. The molecule has 2 heteroatoms. The molecule has 12 heavy (non-hydrogen) atoms. The Bertz CT molecular complexity index is 284. The van der Waals surface area contributed by atoms with Gasteiger partial charge in [0.15, 0.2) is 0 Å². The lowest BCUT2D eigenvalue weighted by Gasteiger charge is -2.23. The highest BCUT2D eigenvalue weighted by Gasteiger charge is 2.16. The molecule has 1 aromatic rings. The molecule has 0 aromatic carbocycles. The minimum Gasteiger partial charge on any atom is -0.281 e. The quantitative estimate of drug-likeness (QED) is 0.607. The molecule has 2 nitrogen and oxygen atoms in total. The van der Waals surface area contributed by atoms with E-state index in [4.69, 9.17) is 0 Å². The molecule has 1 rings (SSSR count). The highest BCUT2D eigenvalue weighted by atomic mass is 15.3. The zero-order valence-corrected chi connectivity index (χ0v) is 7.91. The summed E-state index contributed by atoms with van der Waals surface area (Å²) in [5.41, 5.74) is 1.10. The Labute approximate surface area is 73.8 Å². The lowest BCUT2D eigenvalue weighted by Crippen LogP contribution is -2.36. The summed E-state index contributed by atoms with van der Waals surface area (Å²) < 4.78 is 0.724. The van der Waals surface area contributed by atoms with Crippen molar-refractivity contribution in [3.8, 4) is 0 Å². The van der Waals surface area contributed by atoms with Crippen LogP contribution in [0.5, 0.6) is 0 Å². The second-order valence-corrected chi connectivity index (χ2v) is 3.63. The van der Waals surface area contributed by atoms with Gasteiger partial charge < -0.3 is 0 Å². The largest absolute Gasteiger partial charge is 0.281 e. The van der Waals surface area contributed by atoms with Gasteiger partial charge >= 0.3 is 0 Å². The van der Waals surface area contributed by atoms with Crippen LogP contribution in [0.1, 0.15) is 5.56 Å². The SMILES string of the molecule is C=Cc1cccnc1[N+](C)(C)C. The van der Waals surface area contributed by atoms with Crippen molar-refractivity contribution in [2.24, 2.45) is 0 Å². The van der Waals surface area contributed by atoms with E-state index in [2.05, 4.69) is 32.7 Å². The minimum absolute atomic E-state index is 0.724. The van der Waals surface area contributed by atoms with E-state index in [0.717, 1.165) is 15.9 Å². The third-order valence-electron chi connectivity index (χ3n) is 1.67. The van der Waals surface area contributed by atoms with Crippen molar-refractivity contribution < 1.29 is 0 Å². The van der Waals surface area contributed by atoms with Crippen LogP contribution in [-0.2, 0) is 0 Å². The second kappa shape index (κ2) is 3.07. The van der Waals surface area contributed by atoms with E-state index in [1.807, 2.05) is 24.4 Å². The molecule has 0 amide bonds. The summed E-state index contributed by atoms with van der Waals surface area (Å²) in [7, 11) is 6.28. The summed E-state index contributed by atoms with van der Waals surface area (Å²) in [5.74, 6) is 1.05. The predicted molar refractivity (Wildman–Crippen MR) is 53.9 cm³/mol. The molecule has 64 valence electrons. The molecule has 0 aliphatic heterocycles.